The van der Waals surface area contributed by atoms with E-state index in [4.69, 9.17) is 0 Å². The molecule has 2 N–H and O–H groups in total. The Morgan fingerprint density at radius 3 is 1.11 bits per heavy atom. The van der Waals surface area contributed by atoms with E-state index in [0.29, 0.717) is 0 Å². The minimum absolute atomic E-state index is 1.02. The monoisotopic (exact) mass is 496 g/mol. The Morgan fingerprint density at radius 2 is 0.778 bits per heavy atom. The van der Waals surface area contributed by atoms with E-state index in [9.17, 15) is 0 Å². The van der Waals surface area contributed by atoms with Gasteiger partial charge in [0.25, 0.3) is 0 Å². The Labute approximate surface area is 222 Å². The molecule has 4 heteroatoms. The van der Waals surface area contributed by atoms with Crippen LogP contribution in [0.3, 0.4) is 0 Å². The van der Waals surface area contributed by atoms with Crippen molar-refractivity contribution in [2.75, 3.05) is 65.4 Å². The van der Waals surface area contributed by atoms with E-state index >= 15 is 0 Å². The first-order valence-electron chi connectivity index (χ1n) is 16.6. The van der Waals surface area contributed by atoms with Crippen LogP contribution < -0.4 is 10.6 Å². The van der Waals surface area contributed by atoms with Gasteiger partial charge in [-0.25, -0.2) is 0 Å². The van der Waals surface area contributed by atoms with Crippen LogP contribution in [0.1, 0.15) is 77.0 Å². The molecule has 36 heavy (non-hydrogen) atoms. The first-order valence-corrected chi connectivity index (χ1v) is 16.6. The van der Waals surface area contributed by atoms with Gasteiger partial charge < -0.3 is 20.4 Å². The van der Waals surface area contributed by atoms with Crippen LogP contribution in [0.5, 0.6) is 0 Å². The van der Waals surface area contributed by atoms with Gasteiger partial charge in [-0.05, 0) is 175 Å². The Kier molecular flexibility index (Phi) is 7.69. The molecule has 0 aromatic carbocycles. The lowest BCUT2D eigenvalue weighted by atomic mass is 9.52. The van der Waals surface area contributed by atoms with Crippen molar-refractivity contribution in [3.05, 3.63) is 0 Å². The predicted molar refractivity (Wildman–Crippen MR) is 149 cm³/mol. The first-order chi connectivity index (χ1) is 17.8. The predicted octanol–water partition coefficient (Wildman–Crippen LogP) is 4.71. The van der Waals surface area contributed by atoms with E-state index in [2.05, 4.69) is 20.4 Å². The number of rotatable bonds is 12. The fraction of sp³-hybridized carbons (Fsp3) is 1.00. The first kappa shape index (κ1) is 24.9. The maximum atomic E-state index is 3.90. The van der Waals surface area contributed by atoms with Gasteiger partial charge in [0, 0.05) is 26.2 Å². The van der Waals surface area contributed by atoms with E-state index < -0.39 is 0 Å². The maximum Gasteiger partial charge on any atom is 0.0110 e. The lowest BCUT2D eigenvalue weighted by Gasteiger charge is -2.54. The van der Waals surface area contributed by atoms with Crippen LogP contribution in [0.25, 0.3) is 0 Å². The quantitative estimate of drug-likeness (QED) is 0.383. The van der Waals surface area contributed by atoms with Crippen LogP contribution in [0, 0.1) is 59.2 Å². The number of hydrogen-bond donors (Lipinski definition) is 2. The number of nitrogens with one attached hydrogen (secondary N) is 2. The molecule has 1 aliphatic heterocycles. The van der Waals surface area contributed by atoms with Gasteiger partial charge in [0.2, 0.25) is 0 Å². The third-order valence-corrected chi connectivity index (χ3v) is 12.7. The zero-order valence-electron chi connectivity index (χ0n) is 23.2. The number of piperazine rings is 1. The summed E-state index contributed by atoms with van der Waals surface area (Å²) in [6, 6.07) is 0. The molecule has 0 aromatic heterocycles. The van der Waals surface area contributed by atoms with E-state index in [1.54, 1.807) is 64.2 Å². The molecule has 0 spiro atoms. The molecule has 0 unspecified atom stereocenters. The van der Waals surface area contributed by atoms with Gasteiger partial charge in [0.05, 0.1) is 0 Å². The second-order valence-corrected chi connectivity index (χ2v) is 15.0. The second-order valence-electron chi connectivity index (χ2n) is 15.0. The van der Waals surface area contributed by atoms with E-state index in [1.165, 1.54) is 78.3 Å². The van der Waals surface area contributed by atoms with Gasteiger partial charge in [-0.15, -0.1) is 0 Å². The van der Waals surface area contributed by atoms with Gasteiger partial charge in [0.1, 0.15) is 0 Å². The fourth-order valence-corrected chi connectivity index (χ4v) is 11.4. The summed E-state index contributed by atoms with van der Waals surface area (Å²) in [7, 11) is 0. The summed E-state index contributed by atoms with van der Waals surface area (Å²) in [6.45, 7) is 12.9. The van der Waals surface area contributed by atoms with Crippen molar-refractivity contribution in [1.29, 1.82) is 0 Å². The lowest BCUT2D eigenvalue weighted by molar-refractivity contribution is -0.0355. The van der Waals surface area contributed by atoms with Gasteiger partial charge in [-0.2, -0.15) is 0 Å². The van der Waals surface area contributed by atoms with Crippen molar-refractivity contribution in [1.82, 2.24) is 20.4 Å². The fourth-order valence-electron chi connectivity index (χ4n) is 11.4. The maximum absolute atomic E-state index is 3.90. The van der Waals surface area contributed by atoms with Crippen molar-refractivity contribution in [3.8, 4) is 0 Å². The molecule has 8 bridgehead atoms. The van der Waals surface area contributed by atoms with Crippen LogP contribution >= 0.6 is 0 Å². The van der Waals surface area contributed by atoms with Crippen molar-refractivity contribution >= 4 is 0 Å². The molecule has 9 aliphatic rings. The highest BCUT2D eigenvalue weighted by atomic mass is 15.3. The molecular weight excluding hydrogens is 440 g/mol. The summed E-state index contributed by atoms with van der Waals surface area (Å²) >= 11 is 0. The molecule has 8 saturated carbocycles. The van der Waals surface area contributed by atoms with Crippen LogP contribution in [0.15, 0.2) is 0 Å². The van der Waals surface area contributed by atoms with E-state index in [1.807, 2.05) is 0 Å². The smallest absolute Gasteiger partial charge is 0.0110 e. The van der Waals surface area contributed by atoms with Gasteiger partial charge >= 0.3 is 0 Å². The molecule has 0 radical (unpaired) electrons. The molecule has 8 aliphatic carbocycles. The van der Waals surface area contributed by atoms with Crippen molar-refractivity contribution in [2.45, 2.75) is 77.0 Å². The van der Waals surface area contributed by atoms with Gasteiger partial charge in [-0.1, -0.05) is 0 Å². The highest BCUT2D eigenvalue weighted by molar-refractivity contribution is 4.99. The Balaban J connectivity index is 0.714. The van der Waals surface area contributed by atoms with Crippen LogP contribution in [0.2, 0.25) is 0 Å². The van der Waals surface area contributed by atoms with Crippen molar-refractivity contribution < 1.29 is 0 Å². The van der Waals surface area contributed by atoms with Gasteiger partial charge in [-0.3, -0.25) is 0 Å². The molecule has 1 saturated heterocycles. The standard InChI is InChI=1S/C32H56N4/c1(3-33-21-31-27-13-23-11-24(15-27)16-28(31)14-23)5-35-7-9-36(10-8-35)6-2-4-34-22-32-29-17-25-12-26(19-29)20-30(32)18-25/h23-34H,1-22H2. The summed E-state index contributed by atoms with van der Waals surface area (Å²) < 4.78 is 0. The molecule has 4 nitrogen and oxygen atoms in total. The van der Waals surface area contributed by atoms with Crippen LogP contribution in [-0.2, 0) is 0 Å². The highest BCUT2D eigenvalue weighted by Gasteiger charge is 2.48. The zero-order valence-corrected chi connectivity index (χ0v) is 23.2. The number of nitrogens with zero attached hydrogens (tertiary/aromatic N) is 2. The average Bonchev–Trinajstić information content (AvgIpc) is 2.86. The summed E-state index contributed by atoms with van der Waals surface area (Å²) in [5, 5.41) is 7.80. The molecule has 9 rings (SSSR count). The van der Waals surface area contributed by atoms with E-state index in [0.717, 1.165) is 59.2 Å². The van der Waals surface area contributed by atoms with Crippen LogP contribution in [0.4, 0.5) is 0 Å². The van der Waals surface area contributed by atoms with Crippen molar-refractivity contribution in [2.24, 2.45) is 59.2 Å². The second kappa shape index (κ2) is 11.1. The number of hydrogen-bond acceptors (Lipinski definition) is 4. The summed E-state index contributed by atoms with van der Waals surface area (Å²) in [4.78, 5) is 5.46. The summed E-state index contributed by atoms with van der Waals surface area (Å²) in [5.74, 6) is 10.8. The third-order valence-electron chi connectivity index (χ3n) is 12.7. The van der Waals surface area contributed by atoms with Gasteiger partial charge in [0.15, 0.2) is 0 Å². The lowest BCUT2D eigenvalue weighted by Crippen LogP contribution is -2.49. The minimum atomic E-state index is 1.02. The molecular formula is C32H56N4. The SMILES string of the molecule is C(CNCC1C2CC3CC(C2)CC1C3)CN1CCN(CCCNCC2C3CC4CC(C3)CC2C4)CC1. The minimum Gasteiger partial charge on any atom is -0.316 e. The average molecular weight is 497 g/mol. The zero-order chi connectivity index (χ0) is 23.9. The summed E-state index contributed by atoms with van der Waals surface area (Å²) in [6.07, 6.45) is 18.4. The highest BCUT2D eigenvalue weighted by Crippen LogP contribution is 2.57. The Hall–Kier alpha value is -0.160. The van der Waals surface area contributed by atoms with Crippen LogP contribution in [-0.4, -0.2) is 75.2 Å². The van der Waals surface area contributed by atoms with E-state index in [-0.39, 0.29) is 0 Å². The Bertz CT molecular complexity index is 599. The molecule has 0 aromatic rings. The molecule has 1 heterocycles. The molecule has 204 valence electrons. The summed E-state index contributed by atoms with van der Waals surface area (Å²) in [5.41, 5.74) is 0. The third kappa shape index (κ3) is 5.45. The molecule has 0 atom stereocenters. The largest absolute Gasteiger partial charge is 0.316 e. The Morgan fingerprint density at radius 1 is 0.444 bits per heavy atom. The molecule has 0 amide bonds. The topological polar surface area (TPSA) is 30.5 Å². The van der Waals surface area contributed by atoms with Crippen molar-refractivity contribution in [3.63, 3.8) is 0 Å². The normalized spacial score (nSPS) is 45.7. The molecule has 9 fully saturated rings.